The van der Waals surface area contributed by atoms with Crippen molar-refractivity contribution >= 4 is 29.7 Å². The van der Waals surface area contributed by atoms with E-state index in [0.29, 0.717) is 13.0 Å². The molecule has 0 spiro atoms. The summed E-state index contributed by atoms with van der Waals surface area (Å²) in [6, 6.07) is 2.22. The van der Waals surface area contributed by atoms with Crippen LogP contribution < -0.4 is 11.1 Å². The standard InChI is InChI=1S/C14H24N2OS.ClH/c1-10-8-12(11(2)18-10)6-5-7-13(17)16-14(3,4)9-15;/h8H,5-7,9,15H2,1-4H3,(H,16,17);1H. The van der Waals surface area contributed by atoms with Gasteiger partial charge in [-0.05, 0) is 52.2 Å². The number of thiophene rings is 1. The summed E-state index contributed by atoms with van der Waals surface area (Å²) in [6.45, 7) is 8.61. The fraction of sp³-hybridized carbons (Fsp3) is 0.643. The Kier molecular flexibility index (Phi) is 7.64. The van der Waals surface area contributed by atoms with Gasteiger partial charge in [-0.2, -0.15) is 0 Å². The highest BCUT2D eigenvalue weighted by molar-refractivity contribution is 7.12. The monoisotopic (exact) mass is 304 g/mol. The maximum absolute atomic E-state index is 11.7. The highest BCUT2D eigenvalue weighted by Crippen LogP contribution is 2.22. The summed E-state index contributed by atoms with van der Waals surface area (Å²) in [5.74, 6) is 0.0926. The number of nitrogens with two attached hydrogens (primary N) is 1. The van der Waals surface area contributed by atoms with Crippen LogP contribution in [-0.4, -0.2) is 18.0 Å². The quantitative estimate of drug-likeness (QED) is 0.849. The zero-order valence-corrected chi connectivity index (χ0v) is 13.8. The van der Waals surface area contributed by atoms with E-state index in [1.54, 1.807) is 0 Å². The van der Waals surface area contributed by atoms with Gasteiger partial charge in [-0.1, -0.05) is 0 Å². The molecule has 0 radical (unpaired) electrons. The van der Waals surface area contributed by atoms with E-state index in [-0.39, 0.29) is 23.9 Å². The lowest BCUT2D eigenvalue weighted by Gasteiger charge is -2.24. The van der Waals surface area contributed by atoms with Gasteiger partial charge in [-0.15, -0.1) is 23.7 Å². The molecule has 0 aliphatic heterocycles. The molecule has 1 amide bonds. The molecule has 3 nitrogen and oxygen atoms in total. The molecule has 0 fully saturated rings. The number of amides is 1. The molecule has 19 heavy (non-hydrogen) atoms. The first kappa shape index (κ1) is 18.4. The van der Waals surface area contributed by atoms with Crippen LogP contribution in [0.2, 0.25) is 0 Å². The summed E-state index contributed by atoms with van der Waals surface area (Å²) in [4.78, 5) is 14.4. The second-order valence-corrected chi connectivity index (χ2v) is 6.89. The van der Waals surface area contributed by atoms with Gasteiger partial charge in [-0.3, -0.25) is 4.79 Å². The molecule has 110 valence electrons. The number of carbonyl (C=O) groups is 1. The first-order chi connectivity index (χ1) is 8.34. The number of nitrogens with one attached hydrogen (secondary N) is 1. The molecular weight excluding hydrogens is 280 g/mol. The van der Waals surface area contributed by atoms with Crippen molar-refractivity contribution in [3.8, 4) is 0 Å². The maximum atomic E-state index is 11.7. The highest BCUT2D eigenvalue weighted by atomic mass is 35.5. The topological polar surface area (TPSA) is 55.1 Å². The number of rotatable bonds is 6. The minimum atomic E-state index is -0.300. The van der Waals surface area contributed by atoms with Crippen LogP contribution in [0.5, 0.6) is 0 Å². The summed E-state index contributed by atoms with van der Waals surface area (Å²) >= 11 is 1.82. The van der Waals surface area contributed by atoms with Gasteiger partial charge < -0.3 is 11.1 Å². The van der Waals surface area contributed by atoms with Gasteiger partial charge in [0.15, 0.2) is 0 Å². The number of halogens is 1. The Bertz CT molecular complexity index is 416. The molecule has 1 heterocycles. The fourth-order valence-corrected chi connectivity index (χ4v) is 2.84. The van der Waals surface area contributed by atoms with Gasteiger partial charge in [0.25, 0.3) is 0 Å². The Labute approximate surface area is 126 Å². The number of carbonyl (C=O) groups excluding carboxylic acids is 1. The number of hydrogen-bond donors (Lipinski definition) is 2. The molecule has 1 rings (SSSR count). The van der Waals surface area contributed by atoms with Gasteiger partial charge in [0.1, 0.15) is 0 Å². The fourth-order valence-electron chi connectivity index (χ4n) is 1.86. The average Bonchev–Trinajstić information content (AvgIpc) is 2.57. The predicted molar refractivity (Wildman–Crippen MR) is 85.3 cm³/mol. The third-order valence-electron chi connectivity index (χ3n) is 2.98. The van der Waals surface area contributed by atoms with Crippen LogP contribution in [0.4, 0.5) is 0 Å². The molecule has 1 aromatic rings. The molecule has 1 aromatic heterocycles. The molecular formula is C14H25ClN2OS. The van der Waals surface area contributed by atoms with Crippen molar-refractivity contribution < 1.29 is 4.79 Å². The van der Waals surface area contributed by atoms with E-state index < -0.39 is 0 Å². The first-order valence-electron chi connectivity index (χ1n) is 6.41. The first-order valence-corrected chi connectivity index (χ1v) is 7.23. The molecule has 5 heteroatoms. The van der Waals surface area contributed by atoms with Crippen LogP contribution >= 0.6 is 23.7 Å². The lowest BCUT2D eigenvalue weighted by molar-refractivity contribution is -0.122. The number of aryl methyl sites for hydroxylation is 3. The second-order valence-electron chi connectivity index (χ2n) is 5.43. The molecule has 0 saturated heterocycles. The summed E-state index contributed by atoms with van der Waals surface area (Å²) < 4.78 is 0. The Morgan fingerprint density at radius 3 is 2.53 bits per heavy atom. The summed E-state index contributed by atoms with van der Waals surface area (Å²) in [5.41, 5.74) is 6.66. The van der Waals surface area contributed by atoms with Crippen molar-refractivity contribution in [3.63, 3.8) is 0 Å². The summed E-state index contributed by atoms with van der Waals surface area (Å²) in [6.07, 6.45) is 2.44. The van der Waals surface area contributed by atoms with E-state index in [1.165, 1.54) is 15.3 Å². The third kappa shape index (κ3) is 6.41. The predicted octanol–water partition coefficient (Wildman–Crippen LogP) is 2.96. The van der Waals surface area contributed by atoms with E-state index in [9.17, 15) is 4.79 Å². The van der Waals surface area contributed by atoms with Gasteiger partial charge >= 0.3 is 0 Å². The number of hydrogen-bond acceptors (Lipinski definition) is 3. The van der Waals surface area contributed by atoms with Crippen molar-refractivity contribution in [2.75, 3.05) is 6.54 Å². The zero-order valence-electron chi connectivity index (χ0n) is 12.2. The zero-order chi connectivity index (χ0) is 13.8. The molecule has 0 saturated carbocycles. The van der Waals surface area contributed by atoms with Crippen LogP contribution in [0.15, 0.2) is 6.07 Å². The maximum Gasteiger partial charge on any atom is 0.220 e. The van der Waals surface area contributed by atoms with Crippen molar-refractivity contribution in [2.45, 2.75) is 52.5 Å². The molecule has 0 unspecified atom stereocenters. The van der Waals surface area contributed by atoms with Crippen molar-refractivity contribution in [1.29, 1.82) is 0 Å². The lowest BCUT2D eigenvalue weighted by atomic mass is 10.0. The molecule has 0 aromatic carbocycles. The van der Waals surface area contributed by atoms with Crippen LogP contribution in [0.3, 0.4) is 0 Å². The Morgan fingerprint density at radius 1 is 1.42 bits per heavy atom. The van der Waals surface area contributed by atoms with Crippen molar-refractivity contribution in [2.24, 2.45) is 5.73 Å². The van der Waals surface area contributed by atoms with Gasteiger partial charge in [-0.25, -0.2) is 0 Å². The molecule has 3 N–H and O–H groups in total. The van der Waals surface area contributed by atoms with Gasteiger partial charge in [0.2, 0.25) is 5.91 Å². The lowest BCUT2D eigenvalue weighted by Crippen LogP contribution is -2.48. The highest BCUT2D eigenvalue weighted by Gasteiger charge is 2.17. The normalized spacial score (nSPS) is 11.0. The van der Waals surface area contributed by atoms with Gasteiger partial charge in [0.05, 0.1) is 0 Å². The van der Waals surface area contributed by atoms with E-state index in [2.05, 4.69) is 25.2 Å². The van der Waals surface area contributed by atoms with E-state index in [4.69, 9.17) is 5.73 Å². The molecule has 0 bridgehead atoms. The Hall–Kier alpha value is -0.580. The summed E-state index contributed by atoms with van der Waals surface area (Å²) in [7, 11) is 0. The Balaban J connectivity index is 0.00000324. The third-order valence-corrected chi connectivity index (χ3v) is 3.99. The van der Waals surface area contributed by atoms with Crippen molar-refractivity contribution in [1.82, 2.24) is 5.32 Å². The average molecular weight is 305 g/mol. The van der Waals surface area contributed by atoms with Crippen LogP contribution in [0, 0.1) is 13.8 Å². The molecule has 0 aliphatic rings. The molecule has 0 atom stereocenters. The smallest absolute Gasteiger partial charge is 0.220 e. The minimum absolute atomic E-state index is 0. The largest absolute Gasteiger partial charge is 0.350 e. The van der Waals surface area contributed by atoms with Crippen molar-refractivity contribution in [3.05, 3.63) is 21.4 Å². The SMILES string of the molecule is Cc1cc(CCCC(=O)NC(C)(C)CN)c(C)s1.Cl. The minimum Gasteiger partial charge on any atom is -0.350 e. The Morgan fingerprint density at radius 2 is 2.05 bits per heavy atom. The van der Waals surface area contributed by atoms with Crippen LogP contribution in [-0.2, 0) is 11.2 Å². The van der Waals surface area contributed by atoms with Crippen LogP contribution in [0.1, 0.15) is 42.0 Å². The van der Waals surface area contributed by atoms with Crippen LogP contribution in [0.25, 0.3) is 0 Å². The summed E-state index contributed by atoms with van der Waals surface area (Å²) in [5, 5.41) is 2.95. The van der Waals surface area contributed by atoms with E-state index >= 15 is 0 Å². The molecule has 0 aliphatic carbocycles. The second kappa shape index (κ2) is 7.88. The van der Waals surface area contributed by atoms with E-state index in [0.717, 1.165) is 12.8 Å². The van der Waals surface area contributed by atoms with E-state index in [1.807, 2.05) is 25.2 Å². The van der Waals surface area contributed by atoms with Gasteiger partial charge in [0, 0.05) is 28.3 Å².